The predicted molar refractivity (Wildman–Crippen MR) is 104 cm³/mol. The number of alkyl halides is 9. The van der Waals surface area contributed by atoms with E-state index in [2.05, 4.69) is 0 Å². The summed E-state index contributed by atoms with van der Waals surface area (Å²) in [6, 6.07) is 0.790. The van der Waals surface area contributed by atoms with E-state index >= 15 is 0 Å². The number of unbranched alkanes of at least 4 members (excludes halogenated alkanes) is 5. The molecule has 0 saturated heterocycles. The van der Waals surface area contributed by atoms with Gasteiger partial charge >= 0.3 is 23.9 Å². The van der Waals surface area contributed by atoms with Crippen molar-refractivity contribution in [3.05, 3.63) is 35.4 Å². The average molecular weight is 530 g/mol. The summed E-state index contributed by atoms with van der Waals surface area (Å²) in [6.45, 7) is 1.97. The van der Waals surface area contributed by atoms with Gasteiger partial charge in [-0.25, -0.2) is 0 Å². The van der Waals surface area contributed by atoms with Gasteiger partial charge in [-0.2, -0.15) is 47.9 Å². The molecule has 0 bridgehead atoms. The molecule has 0 aliphatic rings. The number of benzene rings is 1. The Morgan fingerprint density at radius 3 is 1.74 bits per heavy atom. The van der Waals surface area contributed by atoms with E-state index in [9.17, 15) is 57.3 Å². The number of rotatable bonds is 13. The second-order valence-electron chi connectivity index (χ2n) is 7.72. The first-order valence-electron chi connectivity index (χ1n) is 10.1. The van der Waals surface area contributed by atoms with Gasteiger partial charge in [0.15, 0.2) is 5.78 Å². The molecule has 0 aromatic heterocycles. The Labute approximate surface area is 190 Å². The van der Waals surface area contributed by atoms with E-state index < -0.39 is 56.2 Å². The molecule has 1 atom stereocenters. The molecule has 0 amide bonds. The van der Waals surface area contributed by atoms with Crippen LogP contribution in [0.25, 0.3) is 0 Å². The van der Waals surface area contributed by atoms with Crippen molar-refractivity contribution >= 4 is 15.9 Å². The maximum atomic E-state index is 14.0. The van der Waals surface area contributed by atoms with E-state index in [1.807, 2.05) is 6.92 Å². The fourth-order valence-corrected chi connectivity index (χ4v) is 3.98. The lowest BCUT2D eigenvalue weighted by Gasteiger charge is -2.33. The van der Waals surface area contributed by atoms with E-state index in [1.54, 1.807) is 0 Å². The Bertz CT molecular complexity index is 926. The lowest BCUT2D eigenvalue weighted by Crippen LogP contribution is -2.59. The molecular formula is C20H23F9O4S. The van der Waals surface area contributed by atoms with Crippen LogP contribution in [-0.2, 0) is 16.0 Å². The number of carbonyl (C=O) groups is 1. The third-order valence-electron chi connectivity index (χ3n) is 5.15. The van der Waals surface area contributed by atoms with Crippen molar-refractivity contribution in [2.24, 2.45) is 0 Å². The highest BCUT2D eigenvalue weighted by Crippen LogP contribution is 2.56. The van der Waals surface area contributed by atoms with Gasteiger partial charge in [0.25, 0.3) is 10.1 Å². The summed E-state index contributed by atoms with van der Waals surface area (Å²) < 4.78 is 150. The lowest BCUT2D eigenvalue weighted by atomic mass is 9.94. The van der Waals surface area contributed by atoms with Crippen LogP contribution in [0.4, 0.5) is 39.5 Å². The van der Waals surface area contributed by atoms with Gasteiger partial charge < -0.3 is 0 Å². The predicted octanol–water partition coefficient (Wildman–Crippen LogP) is 6.80. The average Bonchev–Trinajstić information content (AvgIpc) is 2.70. The highest BCUT2D eigenvalue weighted by molar-refractivity contribution is 7.87. The van der Waals surface area contributed by atoms with Crippen LogP contribution in [0.15, 0.2) is 24.3 Å². The molecule has 196 valence electrons. The van der Waals surface area contributed by atoms with Gasteiger partial charge in [-0.1, -0.05) is 69.7 Å². The summed E-state index contributed by atoms with van der Waals surface area (Å²) in [5, 5.41) is -2.00. The van der Waals surface area contributed by atoms with Crippen molar-refractivity contribution in [2.45, 2.75) is 81.1 Å². The highest BCUT2D eigenvalue weighted by atomic mass is 32.2. The first kappa shape index (κ1) is 30.2. The summed E-state index contributed by atoms with van der Waals surface area (Å²) in [5.74, 6) is -21.2. The van der Waals surface area contributed by atoms with Crippen LogP contribution in [0.3, 0.4) is 0 Å². The molecule has 0 radical (unpaired) electrons. The molecule has 0 aliphatic carbocycles. The monoisotopic (exact) mass is 530 g/mol. The van der Waals surface area contributed by atoms with Gasteiger partial charge in [-0.15, -0.1) is 0 Å². The van der Waals surface area contributed by atoms with Crippen LogP contribution in [0.2, 0.25) is 0 Å². The number of hydrogen-bond donors (Lipinski definition) is 1. The van der Waals surface area contributed by atoms with Gasteiger partial charge in [0.2, 0.25) is 0 Å². The lowest BCUT2D eigenvalue weighted by molar-refractivity contribution is -0.399. The van der Waals surface area contributed by atoms with Crippen LogP contribution in [-0.4, -0.2) is 42.0 Å². The minimum atomic E-state index is -7.08. The van der Waals surface area contributed by atoms with Crippen LogP contribution < -0.4 is 0 Å². The minimum absolute atomic E-state index is 0.0133. The minimum Gasteiger partial charge on any atom is -0.293 e. The zero-order valence-corrected chi connectivity index (χ0v) is 18.6. The number of hydrogen-bond acceptors (Lipinski definition) is 3. The standard InChI is InChI=1S/C20H23F9O4S/c1-2-3-4-5-6-7-8-15(34(31,32)33)16(30)13-9-11-14(12-10-13)17(21,22)18(23,24)19(25,26)20(27,28)29/h9-12,15H,2-8H2,1H3,(H,31,32,33). The molecule has 1 N–H and O–H groups in total. The second kappa shape index (κ2) is 10.8. The van der Waals surface area contributed by atoms with Crippen LogP contribution >= 0.6 is 0 Å². The zero-order chi connectivity index (χ0) is 26.6. The molecule has 4 nitrogen and oxygen atoms in total. The fourth-order valence-electron chi connectivity index (χ4n) is 3.11. The van der Waals surface area contributed by atoms with Crippen molar-refractivity contribution in [2.75, 3.05) is 0 Å². The van der Waals surface area contributed by atoms with Gasteiger partial charge in [-0.3, -0.25) is 9.35 Å². The Kier molecular flexibility index (Phi) is 9.62. The van der Waals surface area contributed by atoms with Gasteiger partial charge in [0.1, 0.15) is 5.25 Å². The molecule has 0 saturated carbocycles. The molecule has 1 aromatic carbocycles. The number of halogens is 9. The van der Waals surface area contributed by atoms with Crippen molar-refractivity contribution in [3.63, 3.8) is 0 Å². The summed E-state index contributed by atoms with van der Waals surface area (Å²) in [6.07, 6.45) is -3.13. The van der Waals surface area contributed by atoms with Gasteiger partial charge in [0.05, 0.1) is 0 Å². The number of Topliss-reactive ketones (excluding diaryl/α,β-unsaturated/α-hetero) is 1. The quantitative estimate of drug-likeness (QED) is 0.132. The van der Waals surface area contributed by atoms with E-state index in [0.29, 0.717) is 18.6 Å². The largest absolute Gasteiger partial charge is 0.460 e. The molecule has 1 unspecified atom stereocenters. The Hall–Kier alpha value is -1.83. The molecule has 0 spiro atoms. The molecule has 0 aliphatic heterocycles. The molecule has 34 heavy (non-hydrogen) atoms. The van der Waals surface area contributed by atoms with Crippen molar-refractivity contribution < 1.29 is 57.3 Å². The summed E-state index contributed by atoms with van der Waals surface area (Å²) in [5.41, 5.74) is -2.61. The maximum Gasteiger partial charge on any atom is 0.460 e. The van der Waals surface area contributed by atoms with Crippen LogP contribution in [0, 0.1) is 0 Å². The molecule has 1 rings (SSSR count). The van der Waals surface area contributed by atoms with E-state index in [-0.39, 0.29) is 25.0 Å². The van der Waals surface area contributed by atoms with Gasteiger partial charge in [-0.05, 0) is 6.42 Å². The Morgan fingerprint density at radius 1 is 0.824 bits per heavy atom. The number of carbonyl (C=O) groups excluding carboxylic acids is 1. The van der Waals surface area contributed by atoms with Crippen molar-refractivity contribution in [1.82, 2.24) is 0 Å². The summed E-state index contributed by atoms with van der Waals surface area (Å²) in [4.78, 5) is 12.5. The third kappa shape index (κ3) is 6.43. The van der Waals surface area contributed by atoms with Crippen molar-refractivity contribution in [1.29, 1.82) is 0 Å². The zero-order valence-electron chi connectivity index (χ0n) is 17.8. The highest BCUT2D eigenvalue weighted by Gasteiger charge is 2.82. The van der Waals surface area contributed by atoms with Crippen molar-refractivity contribution in [3.8, 4) is 0 Å². The molecule has 0 fully saturated rings. The third-order valence-corrected chi connectivity index (χ3v) is 6.32. The van der Waals surface area contributed by atoms with Gasteiger partial charge in [0, 0.05) is 11.1 Å². The van der Waals surface area contributed by atoms with E-state index in [1.165, 1.54) is 0 Å². The maximum absolute atomic E-state index is 14.0. The molecule has 1 aromatic rings. The Morgan fingerprint density at radius 2 is 1.29 bits per heavy atom. The Balaban J connectivity index is 3.12. The summed E-state index contributed by atoms with van der Waals surface area (Å²) in [7, 11) is -4.95. The topological polar surface area (TPSA) is 71.4 Å². The smallest absolute Gasteiger partial charge is 0.293 e. The number of ketones is 1. The second-order valence-corrected chi connectivity index (χ2v) is 9.32. The molecule has 0 heterocycles. The fraction of sp³-hybridized carbons (Fsp3) is 0.650. The van der Waals surface area contributed by atoms with E-state index in [4.69, 9.17) is 0 Å². The first-order valence-corrected chi connectivity index (χ1v) is 11.6. The summed E-state index contributed by atoms with van der Waals surface area (Å²) >= 11 is 0. The SMILES string of the molecule is CCCCCCCCC(C(=O)c1ccc(C(F)(F)C(F)(F)C(F)(F)C(F)(F)F)cc1)S(=O)(=O)O. The van der Waals surface area contributed by atoms with Crippen LogP contribution in [0.1, 0.15) is 67.8 Å². The molecular weight excluding hydrogens is 507 g/mol. The van der Waals surface area contributed by atoms with Crippen LogP contribution in [0.5, 0.6) is 0 Å². The first-order chi connectivity index (χ1) is 15.3. The molecule has 14 heteroatoms. The normalized spacial score (nSPS) is 14.8. The van der Waals surface area contributed by atoms with E-state index in [0.717, 1.165) is 25.7 Å².